The Morgan fingerprint density at radius 3 is 1.82 bits per heavy atom. The van der Waals surface area contributed by atoms with Crippen molar-refractivity contribution in [3.8, 4) is 5.75 Å². The molecule has 170 valence electrons. The minimum absolute atomic E-state index is 0.0635. The number of carbonyl (C=O) groups is 3. The lowest BCUT2D eigenvalue weighted by molar-refractivity contribution is -0.134. The number of ketones is 2. The topological polar surface area (TPSA) is 97.8 Å². The summed E-state index contributed by atoms with van der Waals surface area (Å²) in [5.41, 5.74) is 0.997. The highest BCUT2D eigenvalue weighted by atomic mass is 32.2. The minimum atomic E-state index is -3.97. The first-order valence-electron chi connectivity index (χ1n) is 9.76. The van der Waals surface area contributed by atoms with Crippen molar-refractivity contribution in [2.24, 2.45) is 0 Å². The Labute approximate surface area is 190 Å². The van der Waals surface area contributed by atoms with Gasteiger partial charge in [-0.2, -0.15) is 4.31 Å². The third kappa shape index (κ3) is 5.76. The zero-order valence-corrected chi connectivity index (χ0v) is 18.6. The molecule has 0 aliphatic heterocycles. The second-order valence-electron chi connectivity index (χ2n) is 7.18. The first-order chi connectivity index (χ1) is 15.6. The average Bonchev–Trinajstić information content (AvgIpc) is 2.79. The molecule has 33 heavy (non-hydrogen) atoms. The third-order valence-electron chi connectivity index (χ3n) is 4.78. The summed E-state index contributed by atoms with van der Waals surface area (Å²) in [6.07, 6.45) is 0. The number of benzene rings is 3. The second-order valence-corrected chi connectivity index (χ2v) is 9.22. The van der Waals surface area contributed by atoms with Crippen LogP contribution in [-0.4, -0.2) is 43.9 Å². The Hall–Kier alpha value is -3.69. The Morgan fingerprint density at radius 2 is 1.30 bits per heavy atom. The van der Waals surface area contributed by atoms with E-state index in [2.05, 4.69) is 0 Å². The van der Waals surface area contributed by atoms with Gasteiger partial charge in [0.15, 0.2) is 11.6 Å². The highest BCUT2D eigenvalue weighted by Crippen LogP contribution is 2.18. The minimum Gasteiger partial charge on any atom is -0.426 e. The van der Waals surface area contributed by atoms with E-state index in [4.69, 9.17) is 4.74 Å². The van der Waals surface area contributed by atoms with Crippen molar-refractivity contribution in [3.05, 3.63) is 95.3 Å². The highest BCUT2D eigenvalue weighted by molar-refractivity contribution is 7.89. The van der Waals surface area contributed by atoms with Crippen LogP contribution in [0.25, 0.3) is 0 Å². The van der Waals surface area contributed by atoms with E-state index in [-0.39, 0.29) is 22.2 Å². The molecule has 3 rings (SSSR count). The van der Waals surface area contributed by atoms with Gasteiger partial charge in [-0.15, -0.1) is 0 Å². The van der Waals surface area contributed by atoms with Gasteiger partial charge in [-0.05, 0) is 67.6 Å². The summed E-state index contributed by atoms with van der Waals surface area (Å²) in [5.74, 6) is -1.66. The molecule has 0 radical (unpaired) electrons. The number of halogens is 1. The van der Waals surface area contributed by atoms with E-state index in [0.717, 1.165) is 4.31 Å². The molecule has 9 heteroatoms. The van der Waals surface area contributed by atoms with Crippen molar-refractivity contribution in [1.29, 1.82) is 0 Å². The van der Waals surface area contributed by atoms with Crippen LogP contribution in [0.15, 0.2) is 77.7 Å². The van der Waals surface area contributed by atoms with Crippen LogP contribution in [0.4, 0.5) is 4.39 Å². The van der Waals surface area contributed by atoms with Crippen LogP contribution in [0.2, 0.25) is 0 Å². The van der Waals surface area contributed by atoms with Crippen molar-refractivity contribution in [1.82, 2.24) is 4.31 Å². The van der Waals surface area contributed by atoms with Gasteiger partial charge in [-0.25, -0.2) is 12.8 Å². The molecule has 3 aromatic carbocycles. The Morgan fingerprint density at radius 1 is 0.818 bits per heavy atom. The predicted molar refractivity (Wildman–Crippen MR) is 118 cm³/mol. The molecule has 0 fully saturated rings. The first kappa shape index (κ1) is 24.0. The molecule has 0 aliphatic rings. The molecule has 0 heterocycles. The fourth-order valence-electron chi connectivity index (χ4n) is 2.91. The summed E-state index contributed by atoms with van der Waals surface area (Å²) in [6, 6.07) is 16.2. The van der Waals surface area contributed by atoms with Crippen molar-refractivity contribution in [2.45, 2.75) is 11.8 Å². The summed E-state index contributed by atoms with van der Waals surface area (Å²) in [5, 5.41) is 0. The zero-order valence-electron chi connectivity index (χ0n) is 17.8. The maximum absolute atomic E-state index is 13.0. The number of Topliss-reactive ketones (excluding diaryl/α,β-unsaturated/α-hetero) is 1. The number of sulfonamides is 1. The Bertz CT molecular complexity index is 1280. The van der Waals surface area contributed by atoms with E-state index in [1.807, 2.05) is 0 Å². The lowest BCUT2D eigenvalue weighted by atomic mass is 10.0. The van der Waals surface area contributed by atoms with Crippen LogP contribution in [0.1, 0.15) is 33.2 Å². The number of nitrogens with zero attached hydrogens (tertiary/aromatic N) is 1. The van der Waals surface area contributed by atoms with Crippen molar-refractivity contribution < 1.29 is 31.9 Å². The largest absolute Gasteiger partial charge is 0.426 e. The fraction of sp³-hybridized carbons (Fsp3) is 0.125. The molecular formula is C24H20FNO6S. The van der Waals surface area contributed by atoms with Gasteiger partial charge < -0.3 is 4.74 Å². The van der Waals surface area contributed by atoms with Crippen LogP contribution in [-0.2, 0) is 14.8 Å². The Balaban J connectivity index is 1.63. The summed E-state index contributed by atoms with van der Waals surface area (Å²) in [7, 11) is -2.73. The normalized spacial score (nSPS) is 11.3. The monoisotopic (exact) mass is 469 g/mol. The standard InChI is InChI=1S/C24H20FNO6S/c1-16(27)17-7-13-22(14-8-17)33(30,31)26(2)15-23(28)32-21-11-5-19(6-12-21)24(29)18-3-9-20(25)10-4-18/h3-14H,15H2,1-2H3. The maximum atomic E-state index is 13.0. The summed E-state index contributed by atoms with van der Waals surface area (Å²) < 4.78 is 44.3. The van der Waals surface area contributed by atoms with E-state index < -0.39 is 28.4 Å². The third-order valence-corrected chi connectivity index (χ3v) is 6.59. The van der Waals surface area contributed by atoms with Gasteiger partial charge in [-0.3, -0.25) is 14.4 Å². The molecule has 0 saturated heterocycles. The molecule has 0 atom stereocenters. The number of esters is 1. The average molecular weight is 469 g/mol. The van der Waals surface area contributed by atoms with E-state index in [1.54, 1.807) is 0 Å². The van der Waals surface area contributed by atoms with Gasteiger partial charge in [0.2, 0.25) is 10.0 Å². The van der Waals surface area contributed by atoms with Gasteiger partial charge in [0, 0.05) is 23.7 Å². The number of hydrogen-bond acceptors (Lipinski definition) is 6. The molecule has 7 nitrogen and oxygen atoms in total. The van der Waals surface area contributed by atoms with E-state index in [1.165, 1.54) is 86.8 Å². The molecule has 0 unspecified atom stereocenters. The van der Waals surface area contributed by atoms with Gasteiger partial charge in [0.1, 0.15) is 18.1 Å². The molecule has 0 amide bonds. The van der Waals surface area contributed by atoms with E-state index >= 15 is 0 Å². The lowest BCUT2D eigenvalue weighted by Crippen LogP contribution is -2.34. The van der Waals surface area contributed by atoms with Crippen LogP contribution in [0, 0.1) is 5.82 Å². The van der Waals surface area contributed by atoms with Gasteiger partial charge >= 0.3 is 5.97 Å². The molecule has 0 spiro atoms. The first-order valence-corrected chi connectivity index (χ1v) is 11.2. The molecule has 0 aliphatic carbocycles. The summed E-state index contributed by atoms with van der Waals surface area (Å²) in [4.78, 5) is 35.9. The van der Waals surface area contributed by atoms with Gasteiger partial charge in [-0.1, -0.05) is 12.1 Å². The molecule has 0 aromatic heterocycles. The smallest absolute Gasteiger partial charge is 0.326 e. The summed E-state index contributed by atoms with van der Waals surface area (Å²) >= 11 is 0. The number of rotatable bonds is 8. The van der Waals surface area contributed by atoms with Gasteiger partial charge in [0.05, 0.1) is 4.90 Å². The summed E-state index contributed by atoms with van der Waals surface area (Å²) in [6.45, 7) is 0.823. The van der Waals surface area contributed by atoms with E-state index in [0.29, 0.717) is 16.7 Å². The van der Waals surface area contributed by atoms with Crippen LogP contribution >= 0.6 is 0 Å². The Kier molecular flexibility index (Phi) is 7.15. The molecule has 3 aromatic rings. The maximum Gasteiger partial charge on any atom is 0.326 e. The van der Waals surface area contributed by atoms with Crippen LogP contribution < -0.4 is 4.74 Å². The van der Waals surface area contributed by atoms with Crippen LogP contribution in [0.3, 0.4) is 0 Å². The number of hydrogen-bond donors (Lipinski definition) is 0. The molecule has 0 N–H and O–H groups in total. The van der Waals surface area contributed by atoms with Crippen molar-refractivity contribution >= 4 is 27.6 Å². The molecular weight excluding hydrogens is 449 g/mol. The fourth-order valence-corrected chi connectivity index (χ4v) is 4.03. The SMILES string of the molecule is CC(=O)c1ccc(S(=O)(=O)N(C)CC(=O)Oc2ccc(C(=O)c3ccc(F)cc3)cc2)cc1. The number of carbonyl (C=O) groups excluding carboxylic acids is 3. The highest BCUT2D eigenvalue weighted by Gasteiger charge is 2.24. The molecule has 0 bridgehead atoms. The van der Waals surface area contributed by atoms with Crippen molar-refractivity contribution in [3.63, 3.8) is 0 Å². The van der Waals surface area contributed by atoms with Crippen molar-refractivity contribution in [2.75, 3.05) is 13.6 Å². The van der Waals surface area contributed by atoms with Crippen LogP contribution in [0.5, 0.6) is 5.75 Å². The van der Waals surface area contributed by atoms with E-state index in [9.17, 15) is 27.2 Å². The zero-order chi connectivity index (χ0) is 24.2. The van der Waals surface area contributed by atoms with Gasteiger partial charge in [0.25, 0.3) is 0 Å². The quantitative estimate of drug-likeness (QED) is 0.285. The number of likely N-dealkylation sites (N-methyl/N-ethyl adjacent to an activating group) is 1. The lowest BCUT2D eigenvalue weighted by Gasteiger charge is -2.16. The molecule has 0 saturated carbocycles. The predicted octanol–water partition coefficient (Wildman–Crippen LogP) is 3.49. The second kappa shape index (κ2) is 9.85. The number of ether oxygens (including phenoxy) is 1.